The minimum absolute atomic E-state index is 0.659. The van der Waals surface area contributed by atoms with Crippen LogP contribution >= 0.6 is 0 Å². The highest BCUT2D eigenvalue weighted by Crippen LogP contribution is 1.93. The van der Waals surface area contributed by atoms with E-state index in [2.05, 4.69) is 21.9 Å². The first-order valence-corrected chi connectivity index (χ1v) is 2.43. The molecule has 0 aromatic carbocycles. The van der Waals surface area contributed by atoms with Gasteiger partial charge in [0.2, 0.25) is 0 Å². The molecule has 0 saturated carbocycles. The Hall–Kier alpha value is -0.540. The van der Waals surface area contributed by atoms with Crippen molar-refractivity contribution in [3.63, 3.8) is 0 Å². The van der Waals surface area contributed by atoms with Crippen molar-refractivity contribution in [1.82, 2.24) is 5.64 Å². The second-order valence-electron chi connectivity index (χ2n) is 1.28. The number of nitrogens with one attached hydrogen (secondary N) is 1. The molecule has 0 amide bonds. The Labute approximate surface area is 49.2 Å². The van der Waals surface area contributed by atoms with E-state index in [1.807, 2.05) is 6.92 Å². The van der Waals surface area contributed by atoms with Crippen LogP contribution in [0.15, 0.2) is 12.3 Å². The highest BCUT2D eigenvalue weighted by atomic mass is 16.9. The Bertz CT molecular complexity index is 72.8. The molecule has 1 N–H and O–H groups in total. The van der Waals surface area contributed by atoms with E-state index in [0.717, 1.165) is 6.42 Å². The van der Waals surface area contributed by atoms with Gasteiger partial charge < -0.3 is 4.84 Å². The van der Waals surface area contributed by atoms with Gasteiger partial charge in [0.1, 0.15) is 5.76 Å². The van der Waals surface area contributed by atoms with Gasteiger partial charge in [-0.25, -0.2) is 0 Å². The largest absolute Gasteiger partial charge is 0.388 e. The van der Waals surface area contributed by atoms with Crippen molar-refractivity contribution < 1.29 is 9.68 Å². The molecule has 8 heavy (non-hydrogen) atoms. The van der Waals surface area contributed by atoms with E-state index in [1.165, 1.54) is 7.11 Å². The molecule has 0 atom stereocenters. The third-order valence-corrected chi connectivity index (χ3v) is 0.664. The lowest BCUT2D eigenvalue weighted by molar-refractivity contribution is -0.123. The zero-order valence-corrected chi connectivity index (χ0v) is 5.23. The quantitative estimate of drug-likeness (QED) is 0.440. The first kappa shape index (κ1) is 7.46. The average molecular weight is 117 g/mol. The predicted octanol–water partition coefficient (Wildman–Crippen LogP) is 0.993. The lowest BCUT2D eigenvalue weighted by Crippen LogP contribution is -2.10. The third kappa shape index (κ3) is 3.64. The van der Waals surface area contributed by atoms with Crippen LogP contribution in [0.4, 0.5) is 0 Å². The summed E-state index contributed by atoms with van der Waals surface area (Å²) in [5.41, 5.74) is 2.20. The van der Waals surface area contributed by atoms with E-state index in [1.54, 1.807) is 0 Å². The molecule has 0 aliphatic heterocycles. The van der Waals surface area contributed by atoms with Crippen LogP contribution < -0.4 is 5.64 Å². The first-order valence-electron chi connectivity index (χ1n) is 2.43. The van der Waals surface area contributed by atoms with Gasteiger partial charge in [-0.05, 0) is 5.64 Å². The molecule has 0 aromatic rings. The van der Waals surface area contributed by atoms with Crippen molar-refractivity contribution in [1.29, 1.82) is 0 Å². The van der Waals surface area contributed by atoms with E-state index in [0.29, 0.717) is 5.76 Å². The van der Waals surface area contributed by atoms with Gasteiger partial charge in [0.05, 0.1) is 7.11 Å². The van der Waals surface area contributed by atoms with Gasteiger partial charge in [0.15, 0.2) is 0 Å². The van der Waals surface area contributed by atoms with E-state index in [-0.39, 0.29) is 0 Å². The van der Waals surface area contributed by atoms with Gasteiger partial charge in [-0.15, -0.1) is 0 Å². The molecule has 0 heterocycles. The molecule has 0 radical (unpaired) electrons. The van der Waals surface area contributed by atoms with Gasteiger partial charge in [0.25, 0.3) is 0 Å². The maximum atomic E-state index is 4.67. The van der Waals surface area contributed by atoms with Gasteiger partial charge in [-0.2, -0.15) is 0 Å². The average Bonchev–Trinajstić information content (AvgIpc) is 1.83. The van der Waals surface area contributed by atoms with Crippen LogP contribution in [-0.2, 0) is 9.68 Å². The normalized spacial score (nSPS) is 8.75. The second-order valence-corrected chi connectivity index (χ2v) is 1.28. The van der Waals surface area contributed by atoms with Crippen molar-refractivity contribution in [2.45, 2.75) is 13.3 Å². The summed E-state index contributed by atoms with van der Waals surface area (Å²) in [6.07, 6.45) is 0.788. The summed E-state index contributed by atoms with van der Waals surface area (Å²) in [5, 5.41) is 0. The topological polar surface area (TPSA) is 30.5 Å². The lowest BCUT2D eigenvalue weighted by Gasteiger charge is -2.02. The monoisotopic (exact) mass is 117 g/mol. The zero-order chi connectivity index (χ0) is 6.41. The molecule has 48 valence electrons. The van der Waals surface area contributed by atoms with Crippen molar-refractivity contribution in [3.05, 3.63) is 12.3 Å². The summed E-state index contributed by atoms with van der Waals surface area (Å²) >= 11 is 0. The minimum Gasteiger partial charge on any atom is -0.388 e. The molecule has 0 unspecified atom stereocenters. The van der Waals surface area contributed by atoms with Gasteiger partial charge >= 0.3 is 0 Å². The predicted molar refractivity (Wildman–Crippen MR) is 30.7 cm³/mol. The van der Waals surface area contributed by atoms with Gasteiger partial charge in [0, 0.05) is 6.42 Å². The summed E-state index contributed by atoms with van der Waals surface area (Å²) in [7, 11) is 1.48. The molecule has 0 saturated heterocycles. The zero-order valence-electron chi connectivity index (χ0n) is 5.23. The Morgan fingerprint density at radius 2 is 2.38 bits per heavy atom. The van der Waals surface area contributed by atoms with Gasteiger partial charge in [-0.3, -0.25) is 4.84 Å². The van der Waals surface area contributed by atoms with Crippen LogP contribution in [0.3, 0.4) is 0 Å². The van der Waals surface area contributed by atoms with Crippen molar-refractivity contribution in [3.8, 4) is 0 Å². The minimum atomic E-state index is 0.659. The summed E-state index contributed by atoms with van der Waals surface area (Å²) in [5.74, 6) is 0.659. The fraction of sp³-hybridized carbons (Fsp3) is 0.600. The smallest absolute Gasteiger partial charge is 0.119 e. The van der Waals surface area contributed by atoms with Crippen LogP contribution in [0.25, 0.3) is 0 Å². The Kier molecular flexibility index (Phi) is 4.30. The maximum absolute atomic E-state index is 4.67. The highest BCUT2D eigenvalue weighted by Gasteiger charge is 1.85. The molecule has 0 aliphatic rings. The molecule has 0 spiro atoms. The molecule has 0 aromatic heterocycles. The molecule has 3 nitrogen and oxygen atoms in total. The van der Waals surface area contributed by atoms with Crippen LogP contribution in [0.2, 0.25) is 0 Å². The summed E-state index contributed by atoms with van der Waals surface area (Å²) in [6, 6.07) is 0. The number of hydrogen-bond acceptors (Lipinski definition) is 3. The molecule has 0 aliphatic carbocycles. The van der Waals surface area contributed by atoms with Crippen molar-refractivity contribution in [2.24, 2.45) is 0 Å². The Balaban J connectivity index is 2.99. The Morgan fingerprint density at radius 1 is 1.75 bits per heavy atom. The summed E-state index contributed by atoms with van der Waals surface area (Å²) in [4.78, 5) is 9.05. The number of rotatable bonds is 4. The SMILES string of the molecule is C=C(CC)ONOC. The van der Waals surface area contributed by atoms with E-state index >= 15 is 0 Å². The van der Waals surface area contributed by atoms with Crippen LogP contribution in [-0.4, -0.2) is 7.11 Å². The van der Waals surface area contributed by atoms with Gasteiger partial charge in [-0.1, -0.05) is 13.5 Å². The standard InChI is InChI=1S/C5H11NO2/c1-4-5(2)8-6-7-3/h6H,2,4H2,1,3H3. The van der Waals surface area contributed by atoms with E-state index in [9.17, 15) is 0 Å². The molecular formula is C5H11NO2. The molecule has 0 rings (SSSR count). The molecule has 0 bridgehead atoms. The lowest BCUT2D eigenvalue weighted by atomic mass is 10.4. The Morgan fingerprint density at radius 3 is 2.75 bits per heavy atom. The van der Waals surface area contributed by atoms with Crippen molar-refractivity contribution in [2.75, 3.05) is 7.11 Å². The van der Waals surface area contributed by atoms with Crippen LogP contribution in [0.1, 0.15) is 13.3 Å². The molecular weight excluding hydrogens is 106 g/mol. The first-order chi connectivity index (χ1) is 3.81. The highest BCUT2D eigenvalue weighted by molar-refractivity contribution is 4.77. The van der Waals surface area contributed by atoms with E-state index < -0.39 is 0 Å². The summed E-state index contributed by atoms with van der Waals surface area (Å²) in [6.45, 7) is 5.49. The second kappa shape index (κ2) is 4.61. The fourth-order valence-electron chi connectivity index (χ4n) is 0.173. The van der Waals surface area contributed by atoms with E-state index in [4.69, 9.17) is 0 Å². The fourth-order valence-corrected chi connectivity index (χ4v) is 0.173. The number of hydrogen-bond donors (Lipinski definition) is 1. The molecule has 3 heteroatoms. The molecule has 0 fully saturated rings. The van der Waals surface area contributed by atoms with Crippen molar-refractivity contribution >= 4 is 0 Å². The van der Waals surface area contributed by atoms with Crippen LogP contribution in [0, 0.1) is 0 Å². The number of allylic oxidation sites excluding steroid dienone is 1. The maximum Gasteiger partial charge on any atom is 0.119 e. The third-order valence-electron chi connectivity index (χ3n) is 0.664. The van der Waals surface area contributed by atoms with Crippen LogP contribution in [0.5, 0.6) is 0 Å². The summed E-state index contributed by atoms with van der Waals surface area (Å²) < 4.78 is 0.